The van der Waals surface area contributed by atoms with Gasteiger partial charge >= 0.3 is 0 Å². The van der Waals surface area contributed by atoms with Gasteiger partial charge in [0.1, 0.15) is 6.26 Å². The molecular formula is C11H10OS2. The summed E-state index contributed by atoms with van der Waals surface area (Å²) >= 11 is 0.804. The largest absolute Gasteiger partial charge is 0.612 e. The summed E-state index contributed by atoms with van der Waals surface area (Å²) in [5.41, 5.74) is 2.41. The van der Waals surface area contributed by atoms with Crippen LogP contribution in [0.5, 0.6) is 0 Å². The quantitative estimate of drug-likeness (QED) is 0.716. The fourth-order valence-electron chi connectivity index (χ4n) is 1.27. The third-order valence-electron chi connectivity index (χ3n) is 2.04. The van der Waals surface area contributed by atoms with Crippen LogP contribution in [0.4, 0.5) is 0 Å². The van der Waals surface area contributed by atoms with Crippen molar-refractivity contribution in [2.45, 2.75) is 4.90 Å². The number of thiophene rings is 1. The molecule has 0 spiro atoms. The molecule has 0 aliphatic heterocycles. The molecular weight excluding hydrogens is 212 g/mol. The molecule has 0 aliphatic rings. The number of benzene rings is 1. The van der Waals surface area contributed by atoms with E-state index in [2.05, 4.69) is 16.8 Å². The van der Waals surface area contributed by atoms with Crippen molar-refractivity contribution in [2.24, 2.45) is 0 Å². The first-order valence-electron chi connectivity index (χ1n) is 4.23. The van der Waals surface area contributed by atoms with Gasteiger partial charge in [0, 0.05) is 0 Å². The first-order valence-corrected chi connectivity index (χ1v) is 6.73. The van der Waals surface area contributed by atoms with E-state index in [9.17, 15) is 4.55 Å². The molecule has 2 rings (SSSR count). The molecule has 0 radical (unpaired) electrons. The van der Waals surface area contributed by atoms with Crippen molar-refractivity contribution in [1.29, 1.82) is 0 Å². The van der Waals surface area contributed by atoms with Crippen molar-refractivity contribution in [2.75, 3.05) is 6.26 Å². The van der Waals surface area contributed by atoms with Gasteiger partial charge in [-0.05, 0) is 63.4 Å². The molecule has 1 nitrogen and oxygen atoms in total. The highest BCUT2D eigenvalue weighted by molar-refractivity contribution is 7.90. The molecule has 1 atom stereocenters. The molecule has 1 aromatic carbocycles. The predicted octanol–water partition coefficient (Wildman–Crippen LogP) is 3.15. The lowest BCUT2D eigenvalue weighted by Crippen LogP contribution is -1.95. The third-order valence-corrected chi connectivity index (χ3v) is 3.66. The highest BCUT2D eigenvalue weighted by Gasteiger charge is 2.03. The van der Waals surface area contributed by atoms with Crippen molar-refractivity contribution >= 4 is 22.5 Å². The Kier molecular flexibility index (Phi) is 2.91. The summed E-state index contributed by atoms with van der Waals surface area (Å²) in [6.45, 7) is 0. The zero-order chi connectivity index (χ0) is 9.97. The van der Waals surface area contributed by atoms with Crippen LogP contribution < -0.4 is 0 Å². The highest BCUT2D eigenvalue weighted by atomic mass is 32.2. The smallest absolute Gasteiger partial charge is 0.152 e. The Labute approximate surface area is 90.6 Å². The molecule has 2 aromatic rings. The summed E-state index contributed by atoms with van der Waals surface area (Å²) < 4.78 is 11.2. The lowest BCUT2D eigenvalue weighted by atomic mass is 10.1. The van der Waals surface area contributed by atoms with Crippen LogP contribution in [0.3, 0.4) is 0 Å². The molecule has 0 N–H and O–H groups in total. The molecule has 0 saturated heterocycles. The van der Waals surface area contributed by atoms with Gasteiger partial charge < -0.3 is 4.55 Å². The predicted molar refractivity (Wildman–Crippen MR) is 62.1 cm³/mol. The molecule has 0 amide bonds. The normalized spacial score (nSPS) is 12.7. The molecule has 0 aliphatic carbocycles. The second-order valence-corrected chi connectivity index (χ2v) is 5.15. The van der Waals surface area contributed by atoms with Crippen LogP contribution in [0, 0.1) is 0 Å². The molecule has 1 heterocycles. The maximum atomic E-state index is 11.2. The Morgan fingerprint density at radius 1 is 1.07 bits per heavy atom. The maximum absolute atomic E-state index is 11.2. The van der Waals surface area contributed by atoms with Crippen molar-refractivity contribution in [3.8, 4) is 11.1 Å². The average Bonchev–Trinajstić information content (AvgIpc) is 2.71. The molecule has 1 aromatic heterocycles. The maximum Gasteiger partial charge on any atom is 0.152 e. The van der Waals surface area contributed by atoms with Crippen molar-refractivity contribution in [1.82, 2.24) is 0 Å². The second kappa shape index (κ2) is 4.17. The van der Waals surface area contributed by atoms with Crippen molar-refractivity contribution in [3.05, 3.63) is 41.1 Å². The Balaban J connectivity index is 2.31. The fraction of sp³-hybridized carbons (Fsp3) is 0.0909. The number of hydrogen-bond acceptors (Lipinski definition) is 2. The number of rotatable bonds is 2. The fourth-order valence-corrected chi connectivity index (χ4v) is 2.45. The Hall–Kier alpha value is -0.770. The Bertz CT molecular complexity index is 390. The first kappa shape index (κ1) is 9.77. The van der Waals surface area contributed by atoms with Gasteiger partial charge in [-0.2, -0.15) is 11.3 Å². The van der Waals surface area contributed by atoms with Crippen molar-refractivity contribution in [3.63, 3.8) is 0 Å². The molecule has 14 heavy (non-hydrogen) atoms. The summed E-state index contributed by atoms with van der Waals surface area (Å²) in [7, 11) is 0. The number of hydrogen-bond donors (Lipinski definition) is 0. The molecule has 0 saturated carbocycles. The van der Waals surface area contributed by atoms with Crippen LogP contribution in [-0.4, -0.2) is 10.8 Å². The van der Waals surface area contributed by atoms with Crippen molar-refractivity contribution < 1.29 is 4.55 Å². The standard InChI is InChI=1S/C11H10OS2/c1-14(12)11-4-2-9(3-5-11)10-6-7-13-8-10/h2-8H,1H3. The van der Waals surface area contributed by atoms with E-state index in [1.54, 1.807) is 17.6 Å². The van der Waals surface area contributed by atoms with Gasteiger partial charge in [-0.1, -0.05) is 0 Å². The zero-order valence-corrected chi connectivity index (χ0v) is 9.40. The van der Waals surface area contributed by atoms with Gasteiger partial charge in [0.05, 0.1) is 0 Å². The SMILES string of the molecule is C[S+]([O-])c1ccc(-c2ccsc2)cc1. The minimum absolute atomic E-state index is 0.879. The summed E-state index contributed by atoms with van der Waals surface area (Å²) in [5, 5.41) is 4.17. The van der Waals surface area contributed by atoms with Gasteiger partial charge in [0.25, 0.3) is 0 Å². The average molecular weight is 222 g/mol. The summed E-state index contributed by atoms with van der Waals surface area (Å²) in [6, 6.07) is 9.95. The van der Waals surface area contributed by atoms with E-state index >= 15 is 0 Å². The summed E-state index contributed by atoms with van der Waals surface area (Å²) in [6.07, 6.45) is 1.69. The summed E-state index contributed by atoms with van der Waals surface area (Å²) in [5.74, 6) is 0. The minimum atomic E-state index is -0.881. The van der Waals surface area contributed by atoms with Gasteiger partial charge in [-0.3, -0.25) is 0 Å². The van der Waals surface area contributed by atoms with Crippen LogP contribution in [-0.2, 0) is 11.2 Å². The Morgan fingerprint density at radius 2 is 1.79 bits per heavy atom. The molecule has 3 heteroatoms. The Morgan fingerprint density at radius 3 is 2.29 bits per heavy atom. The highest BCUT2D eigenvalue weighted by Crippen LogP contribution is 2.23. The first-order chi connectivity index (χ1) is 6.77. The van der Waals surface area contributed by atoms with Crippen LogP contribution in [0.15, 0.2) is 46.0 Å². The zero-order valence-electron chi connectivity index (χ0n) is 7.77. The molecule has 0 fully saturated rings. The molecule has 1 unspecified atom stereocenters. The second-order valence-electron chi connectivity index (χ2n) is 2.99. The van der Waals surface area contributed by atoms with Gasteiger partial charge in [-0.15, -0.1) is 0 Å². The van der Waals surface area contributed by atoms with Gasteiger partial charge in [0.2, 0.25) is 0 Å². The molecule has 72 valence electrons. The minimum Gasteiger partial charge on any atom is -0.612 e. The van der Waals surface area contributed by atoms with Gasteiger partial charge in [0.15, 0.2) is 4.90 Å². The van der Waals surface area contributed by atoms with E-state index in [0.717, 1.165) is 4.90 Å². The lowest BCUT2D eigenvalue weighted by molar-refractivity contribution is 0.601. The van der Waals surface area contributed by atoms with E-state index < -0.39 is 11.2 Å². The van der Waals surface area contributed by atoms with Crippen LogP contribution in [0.2, 0.25) is 0 Å². The van der Waals surface area contributed by atoms with E-state index in [1.165, 1.54) is 11.1 Å². The topological polar surface area (TPSA) is 23.1 Å². The monoisotopic (exact) mass is 222 g/mol. The van der Waals surface area contributed by atoms with E-state index in [-0.39, 0.29) is 0 Å². The van der Waals surface area contributed by atoms with E-state index in [1.807, 2.05) is 24.3 Å². The van der Waals surface area contributed by atoms with Crippen LogP contribution in [0.1, 0.15) is 0 Å². The van der Waals surface area contributed by atoms with E-state index in [0.29, 0.717) is 0 Å². The van der Waals surface area contributed by atoms with E-state index in [4.69, 9.17) is 0 Å². The van der Waals surface area contributed by atoms with Crippen LogP contribution >= 0.6 is 11.3 Å². The lowest BCUT2D eigenvalue weighted by Gasteiger charge is -2.04. The third kappa shape index (κ3) is 2.00. The summed E-state index contributed by atoms with van der Waals surface area (Å²) in [4.78, 5) is 0.879. The molecule has 0 bridgehead atoms. The van der Waals surface area contributed by atoms with Crippen LogP contribution in [0.25, 0.3) is 11.1 Å². The van der Waals surface area contributed by atoms with Gasteiger partial charge in [-0.25, -0.2) is 0 Å².